The van der Waals surface area contributed by atoms with E-state index in [0.29, 0.717) is 15.9 Å². The number of ether oxygens (including phenoxy) is 1. The van der Waals surface area contributed by atoms with E-state index in [0.717, 1.165) is 10.9 Å². The van der Waals surface area contributed by atoms with Crippen LogP contribution >= 0.6 is 15.9 Å². The zero-order chi connectivity index (χ0) is 15.1. The topological polar surface area (TPSA) is 44.1 Å². The van der Waals surface area contributed by atoms with E-state index in [1.807, 2.05) is 32.0 Å². The Bertz CT molecular complexity index is 735. The summed E-state index contributed by atoms with van der Waals surface area (Å²) in [4.78, 5) is 12.6. The van der Waals surface area contributed by atoms with Crippen LogP contribution in [-0.4, -0.2) is 16.9 Å². The highest BCUT2D eigenvalue weighted by Gasteiger charge is 2.32. The van der Waals surface area contributed by atoms with Crippen molar-refractivity contribution in [2.75, 3.05) is 7.11 Å². The van der Waals surface area contributed by atoms with Crippen molar-refractivity contribution in [2.45, 2.75) is 38.8 Å². The zero-order valence-corrected chi connectivity index (χ0v) is 14.1. The molecule has 1 aromatic heterocycles. The standard InChI is InChI=1S/C16H19BrN2O2/c1-9(2)19-16(20)13-8-11(14(21-3)10-4-5-10)6-7-12(13)15(17)18-19/h6-10,14H,4-5H2,1-3H3. The summed E-state index contributed by atoms with van der Waals surface area (Å²) in [5.41, 5.74) is 1.04. The summed E-state index contributed by atoms with van der Waals surface area (Å²) >= 11 is 3.47. The second-order valence-electron chi connectivity index (χ2n) is 5.93. The van der Waals surface area contributed by atoms with Gasteiger partial charge in [-0.3, -0.25) is 4.79 Å². The Labute approximate surface area is 132 Å². The molecule has 3 rings (SSSR count). The Morgan fingerprint density at radius 2 is 2.05 bits per heavy atom. The van der Waals surface area contributed by atoms with Crippen LogP contribution < -0.4 is 5.56 Å². The lowest BCUT2D eigenvalue weighted by atomic mass is 10.0. The van der Waals surface area contributed by atoms with Gasteiger partial charge in [0.15, 0.2) is 0 Å². The van der Waals surface area contributed by atoms with Crippen molar-refractivity contribution in [3.63, 3.8) is 0 Å². The predicted molar refractivity (Wildman–Crippen MR) is 86.6 cm³/mol. The third-order valence-corrected chi connectivity index (χ3v) is 4.61. The van der Waals surface area contributed by atoms with Gasteiger partial charge >= 0.3 is 0 Å². The van der Waals surface area contributed by atoms with Gasteiger partial charge in [0.1, 0.15) is 4.60 Å². The Morgan fingerprint density at radius 3 is 2.62 bits per heavy atom. The second kappa shape index (κ2) is 5.54. The van der Waals surface area contributed by atoms with Crippen LogP contribution in [0.15, 0.2) is 27.6 Å². The quantitative estimate of drug-likeness (QED) is 0.841. The van der Waals surface area contributed by atoms with Crippen LogP contribution in [0.3, 0.4) is 0 Å². The molecule has 0 amide bonds. The number of halogens is 1. The molecule has 0 spiro atoms. The lowest BCUT2D eigenvalue weighted by Crippen LogP contribution is -2.25. The molecule has 1 aromatic carbocycles. The van der Waals surface area contributed by atoms with Gasteiger partial charge in [-0.05, 0) is 60.2 Å². The SMILES string of the molecule is COC(c1ccc2c(Br)nn(C(C)C)c(=O)c2c1)C1CC1. The first-order chi connectivity index (χ1) is 10.0. The number of fused-ring (bicyclic) bond motifs is 1. The first-order valence-electron chi connectivity index (χ1n) is 7.27. The van der Waals surface area contributed by atoms with E-state index >= 15 is 0 Å². The molecule has 112 valence electrons. The van der Waals surface area contributed by atoms with Crippen molar-refractivity contribution in [1.29, 1.82) is 0 Å². The molecule has 1 fully saturated rings. The molecule has 1 aliphatic carbocycles. The smallest absolute Gasteiger partial charge is 0.274 e. The van der Waals surface area contributed by atoms with Gasteiger partial charge in [0.05, 0.1) is 17.5 Å². The van der Waals surface area contributed by atoms with Crippen LogP contribution in [-0.2, 0) is 4.74 Å². The van der Waals surface area contributed by atoms with Gasteiger partial charge < -0.3 is 4.74 Å². The monoisotopic (exact) mass is 350 g/mol. The minimum Gasteiger partial charge on any atom is -0.376 e. The molecule has 21 heavy (non-hydrogen) atoms. The van der Waals surface area contributed by atoms with E-state index in [1.165, 1.54) is 17.5 Å². The molecule has 2 aromatic rings. The average molecular weight is 351 g/mol. The van der Waals surface area contributed by atoms with Crippen molar-refractivity contribution in [2.24, 2.45) is 5.92 Å². The van der Waals surface area contributed by atoms with Gasteiger partial charge in [0.2, 0.25) is 0 Å². The van der Waals surface area contributed by atoms with E-state index in [-0.39, 0.29) is 17.7 Å². The number of benzene rings is 1. The average Bonchev–Trinajstić information content (AvgIpc) is 3.28. The summed E-state index contributed by atoms with van der Waals surface area (Å²) in [5, 5.41) is 5.88. The summed E-state index contributed by atoms with van der Waals surface area (Å²) in [6, 6.07) is 6.00. The third kappa shape index (κ3) is 2.64. The van der Waals surface area contributed by atoms with E-state index in [4.69, 9.17) is 4.74 Å². The molecule has 0 aliphatic heterocycles. The fourth-order valence-electron chi connectivity index (χ4n) is 2.76. The van der Waals surface area contributed by atoms with Crippen molar-refractivity contribution >= 4 is 26.7 Å². The fourth-order valence-corrected chi connectivity index (χ4v) is 3.28. The molecule has 1 saturated carbocycles. The third-order valence-electron chi connectivity index (χ3n) is 4.02. The van der Waals surface area contributed by atoms with Gasteiger partial charge in [0, 0.05) is 12.5 Å². The summed E-state index contributed by atoms with van der Waals surface area (Å²) in [6.07, 6.45) is 2.49. The summed E-state index contributed by atoms with van der Waals surface area (Å²) < 4.78 is 7.85. The number of aromatic nitrogens is 2. The van der Waals surface area contributed by atoms with Crippen molar-refractivity contribution in [1.82, 2.24) is 9.78 Å². The molecule has 5 heteroatoms. The van der Waals surface area contributed by atoms with Gasteiger partial charge in [-0.25, -0.2) is 4.68 Å². The van der Waals surface area contributed by atoms with Gasteiger partial charge in [-0.2, -0.15) is 5.10 Å². The lowest BCUT2D eigenvalue weighted by molar-refractivity contribution is 0.0847. The minimum absolute atomic E-state index is 0.0310. The fraction of sp³-hybridized carbons (Fsp3) is 0.500. The molecule has 0 saturated heterocycles. The molecule has 0 radical (unpaired) electrons. The first-order valence-corrected chi connectivity index (χ1v) is 8.07. The number of hydrogen-bond acceptors (Lipinski definition) is 3. The predicted octanol–water partition coefficient (Wildman–Crippen LogP) is 3.84. The van der Waals surface area contributed by atoms with Gasteiger partial charge in [-0.1, -0.05) is 12.1 Å². The Kier molecular flexibility index (Phi) is 3.88. The maximum absolute atomic E-state index is 12.6. The van der Waals surface area contributed by atoms with Crippen LogP contribution in [0.4, 0.5) is 0 Å². The molecule has 1 atom stereocenters. The van der Waals surface area contributed by atoms with Crippen molar-refractivity contribution < 1.29 is 4.74 Å². The summed E-state index contributed by atoms with van der Waals surface area (Å²) in [6.45, 7) is 3.91. The molecule has 1 aliphatic rings. The normalized spacial score (nSPS) is 16.6. The van der Waals surface area contributed by atoms with Crippen LogP contribution in [0, 0.1) is 5.92 Å². The van der Waals surface area contributed by atoms with Crippen LogP contribution in [0.1, 0.15) is 44.4 Å². The highest BCUT2D eigenvalue weighted by atomic mass is 79.9. The Morgan fingerprint density at radius 1 is 1.33 bits per heavy atom. The van der Waals surface area contributed by atoms with Crippen LogP contribution in [0.5, 0.6) is 0 Å². The van der Waals surface area contributed by atoms with Gasteiger partial charge in [0.25, 0.3) is 5.56 Å². The van der Waals surface area contributed by atoms with Crippen LogP contribution in [0.25, 0.3) is 10.8 Å². The van der Waals surface area contributed by atoms with E-state index < -0.39 is 0 Å². The van der Waals surface area contributed by atoms with E-state index in [2.05, 4.69) is 21.0 Å². The minimum atomic E-state index is -0.0456. The van der Waals surface area contributed by atoms with Crippen LogP contribution in [0.2, 0.25) is 0 Å². The van der Waals surface area contributed by atoms with Crippen molar-refractivity contribution in [3.8, 4) is 0 Å². The Hall–Kier alpha value is -1.20. The summed E-state index contributed by atoms with van der Waals surface area (Å²) in [5.74, 6) is 0.588. The second-order valence-corrected chi connectivity index (χ2v) is 6.68. The van der Waals surface area contributed by atoms with E-state index in [1.54, 1.807) is 7.11 Å². The number of methoxy groups -OCH3 is 1. The van der Waals surface area contributed by atoms with Gasteiger partial charge in [-0.15, -0.1) is 0 Å². The Balaban J connectivity index is 2.19. The lowest BCUT2D eigenvalue weighted by Gasteiger charge is -2.16. The van der Waals surface area contributed by atoms with Crippen molar-refractivity contribution in [3.05, 3.63) is 38.7 Å². The number of nitrogens with zero attached hydrogens (tertiary/aromatic N) is 2. The zero-order valence-electron chi connectivity index (χ0n) is 12.5. The first kappa shape index (κ1) is 14.7. The summed E-state index contributed by atoms with van der Waals surface area (Å²) in [7, 11) is 1.74. The molecule has 0 N–H and O–H groups in total. The largest absolute Gasteiger partial charge is 0.376 e. The molecule has 0 bridgehead atoms. The molecular weight excluding hydrogens is 332 g/mol. The molecular formula is C16H19BrN2O2. The van der Waals surface area contributed by atoms with E-state index in [9.17, 15) is 4.79 Å². The molecule has 4 nitrogen and oxygen atoms in total. The number of hydrogen-bond donors (Lipinski definition) is 0. The maximum atomic E-state index is 12.6. The maximum Gasteiger partial charge on any atom is 0.274 e. The molecule has 1 heterocycles. The highest BCUT2D eigenvalue weighted by molar-refractivity contribution is 9.10. The number of rotatable bonds is 4. The molecule has 1 unspecified atom stereocenters. The highest BCUT2D eigenvalue weighted by Crippen LogP contribution is 2.43.